The van der Waals surface area contributed by atoms with Crippen molar-refractivity contribution in [1.82, 2.24) is 0 Å². The molecule has 5 nitrogen and oxygen atoms in total. The first-order chi connectivity index (χ1) is 15.0. The Morgan fingerprint density at radius 3 is 2.48 bits per heavy atom. The van der Waals surface area contributed by atoms with Gasteiger partial charge in [-0.05, 0) is 54.1 Å². The standard InChI is InChI=1S/C24H18F2N2O3/c1-30-23-13-16(12-17(14-27)20-4-2-3-5-21(20)26)6-11-22(23)31-15-24(29)28-19-9-7-18(25)8-10-19/h2-13H,15H2,1H3,(H,28,29)/b17-12-. The van der Waals surface area contributed by atoms with E-state index >= 15 is 0 Å². The largest absolute Gasteiger partial charge is 0.493 e. The summed E-state index contributed by atoms with van der Waals surface area (Å²) in [6.45, 7) is -0.290. The maximum absolute atomic E-state index is 14.0. The molecule has 0 atom stereocenters. The second kappa shape index (κ2) is 10.0. The number of hydrogen-bond donors (Lipinski definition) is 1. The minimum Gasteiger partial charge on any atom is -0.493 e. The molecular weight excluding hydrogens is 402 g/mol. The highest BCUT2D eigenvalue weighted by atomic mass is 19.1. The van der Waals surface area contributed by atoms with E-state index in [1.165, 1.54) is 49.6 Å². The monoisotopic (exact) mass is 420 g/mol. The average molecular weight is 420 g/mol. The fourth-order valence-electron chi connectivity index (χ4n) is 2.78. The van der Waals surface area contributed by atoms with Crippen LogP contribution in [0.4, 0.5) is 14.5 Å². The molecule has 7 heteroatoms. The van der Waals surface area contributed by atoms with Crippen molar-refractivity contribution in [1.29, 1.82) is 5.26 Å². The van der Waals surface area contributed by atoms with E-state index in [1.807, 2.05) is 6.07 Å². The molecule has 3 aromatic rings. The zero-order valence-electron chi connectivity index (χ0n) is 16.6. The van der Waals surface area contributed by atoms with Crippen molar-refractivity contribution in [2.24, 2.45) is 0 Å². The van der Waals surface area contributed by atoms with Crippen LogP contribution in [0.5, 0.6) is 11.5 Å². The van der Waals surface area contributed by atoms with Crippen molar-refractivity contribution in [2.45, 2.75) is 0 Å². The highest BCUT2D eigenvalue weighted by Crippen LogP contribution is 2.30. The van der Waals surface area contributed by atoms with Crippen molar-refractivity contribution < 1.29 is 23.0 Å². The third-order valence-corrected chi connectivity index (χ3v) is 4.27. The first-order valence-corrected chi connectivity index (χ1v) is 9.23. The molecule has 156 valence electrons. The number of carbonyl (C=O) groups is 1. The number of benzene rings is 3. The SMILES string of the molecule is COc1cc(/C=C(/C#N)c2ccccc2F)ccc1OCC(=O)Nc1ccc(F)cc1. The van der Waals surface area contributed by atoms with Crippen molar-refractivity contribution >= 4 is 23.2 Å². The van der Waals surface area contributed by atoms with Crippen LogP contribution in [0.2, 0.25) is 0 Å². The molecule has 3 rings (SSSR count). The number of nitrogens with one attached hydrogen (secondary N) is 1. The molecule has 0 saturated heterocycles. The number of ether oxygens (including phenoxy) is 2. The van der Waals surface area contributed by atoms with Crippen LogP contribution in [0.25, 0.3) is 11.6 Å². The van der Waals surface area contributed by atoms with Gasteiger partial charge in [0.15, 0.2) is 18.1 Å². The summed E-state index contributed by atoms with van der Waals surface area (Å²) in [4.78, 5) is 12.1. The van der Waals surface area contributed by atoms with Crippen LogP contribution in [0, 0.1) is 23.0 Å². The van der Waals surface area contributed by atoms with E-state index in [9.17, 15) is 18.8 Å². The number of carbonyl (C=O) groups excluding carboxylic acids is 1. The van der Waals surface area contributed by atoms with Gasteiger partial charge < -0.3 is 14.8 Å². The lowest BCUT2D eigenvalue weighted by molar-refractivity contribution is -0.118. The fourth-order valence-corrected chi connectivity index (χ4v) is 2.78. The summed E-state index contributed by atoms with van der Waals surface area (Å²) in [5.41, 5.74) is 1.40. The van der Waals surface area contributed by atoms with E-state index in [0.717, 1.165) is 0 Å². The molecule has 0 spiro atoms. The predicted octanol–water partition coefficient (Wildman–Crippen LogP) is 5.06. The highest BCUT2D eigenvalue weighted by molar-refractivity contribution is 5.92. The zero-order chi connectivity index (χ0) is 22.2. The van der Waals surface area contributed by atoms with Gasteiger partial charge in [0.1, 0.15) is 11.6 Å². The van der Waals surface area contributed by atoms with E-state index < -0.39 is 17.5 Å². The Morgan fingerprint density at radius 1 is 1.06 bits per heavy atom. The lowest BCUT2D eigenvalue weighted by Gasteiger charge is -2.12. The van der Waals surface area contributed by atoms with Crippen molar-refractivity contribution in [3.63, 3.8) is 0 Å². The Balaban J connectivity index is 1.72. The first-order valence-electron chi connectivity index (χ1n) is 9.23. The van der Waals surface area contributed by atoms with Gasteiger partial charge in [-0.15, -0.1) is 0 Å². The molecule has 0 unspecified atom stereocenters. The third-order valence-electron chi connectivity index (χ3n) is 4.27. The summed E-state index contributed by atoms with van der Waals surface area (Å²) in [6, 6.07) is 18.2. The van der Waals surface area contributed by atoms with E-state index in [1.54, 1.807) is 30.3 Å². The van der Waals surface area contributed by atoms with Crippen molar-refractivity contribution in [2.75, 3.05) is 19.0 Å². The summed E-state index contributed by atoms with van der Waals surface area (Å²) < 4.78 is 37.8. The molecule has 0 heterocycles. The Morgan fingerprint density at radius 2 is 1.81 bits per heavy atom. The van der Waals surface area contributed by atoms with Gasteiger partial charge in [0.25, 0.3) is 5.91 Å². The summed E-state index contributed by atoms with van der Waals surface area (Å²) in [5.74, 6) is -0.659. The molecular formula is C24H18F2N2O3. The Labute approximate surface area is 178 Å². The molecule has 0 radical (unpaired) electrons. The van der Waals surface area contributed by atoms with Crippen LogP contribution < -0.4 is 14.8 Å². The van der Waals surface area contributed by atoms with Crippen LogP contribution >= 0.6 is 0 Å². The van der Waals surface area contributed by atoms with Gasteiger partial charge in [0.05, 0.1) is 18.8 Å². The second-order valence-corrected chi connectivity index (χ2v) is 6.40. The van der Waals surface area contributed by atoms with Gasteiger partial charge >= 0.3 is 0 Å². The molecule has 1 N–H and O–H groups in total. The zero-order valence-corrected chi connectivity index (χ0v) is 16.6. The number of allylic oxidation sites excluding steroid dienone is 1. The molecule has 0 aliphatic carbocycles. The van der Waals surface area contributed by atoms with Crippen LogP contribution in [0.15, 0.2) is 66.7 Å². The lowest BCUT2D eigenvalue weighted by Crippen LogP contribution is -2.20. The van der Waals surface area contributed by atoms with Crippen molar-refractivity contribution in [3.8, 4) is 17.6 Å². The smallest absolute Gasteiger partial charge is 0.262 e. The number of nitriles is 1. The maximum Gasteiger partial charge on any atom is 0.262 e. The van der Waals surface area contributed by atoms with E-state index in [0.29, 0.717) is 22.7 Å². The van der Waals surface area contributed by atoms with Crippen LogP contribution in [0.3, 0.4) is 0 Å². The molecule has 0 saturated carbocycles. The summed E-state index contributed by atoms with van der Waals surface area (Å²) >= 11 is 0. The van der Waals surface area contributed by atoms with Crippen LogP contribution in [-0.2, 0) is 4.79 Å². The quantitative estimate of drug-likeness (QED) is 0.429. The third kappa shape index (κ3) is 5.67. The predicted molar refractivity (Wildman–Crippen MR) is 113 cm³/mol. The van der Waals surface area contributed by atoms with Crippen molar-refractivity contribution in [3.05, 3.63) is 89.5 Å². The molecule has 3 aromatic carbocycles. The number of methoxy groups -OCH3 is 1. The molecule has 1 amide bonds. The molecule has 0 aliphatic heterocycles. The summed E-state index contributed by atoms with van der Waals surface area (Å²) in [6.07, 6.45) is 1.53. The lowest BCUT2D eigenvalue weighted by atomic mass is 10.0. The van der Waals surface area contributed by atoms with Gasteiger partial charge in [-0.1, -0.05) is 24.3 Å². The average Bonchev–Trinajstić information content (AvgIpc) is 2.78. The molecule has 0 aromatic heterocycles. The molecule has 31 heavy (non-hydrogen) atoms. The summed E-state index contributed by atoms with van der Waals surface area (Å²) in [7, 11) is 1.44. The number of nitrogens with zero attached hydrogens (tertiary/aromatic N) is 1. The normalized spacial score (nSPS) is 10.8. The minimum atomic E-state index is -0.491. The Kier molecular flexibility index (Phi) is 6.97. The van der Waals surface area contributed by atoms with Crippen LogP contribution in [0.1, 0.15) is 11.1 Å². The summed E-state index contributed by atoms with van der Waals surface area (Å²) in [5, 5.41) is 12.0. The van der Waals surface area contributed by atoms with Gasteiger partial charge in [-0.2, -0.15) is 5.26 Å². The number of hydrogen-bond acceptors (Lipinski definition) is 4. The Hall–Kier alpha value is -4.18. The second-order valence-electron chi connectivity index (χ2n) is 6.40. The number of rotatable bonds is 7. The van der Waals surface area contributed by atoms with Gasteiger partial charge in [-0.25, -0.2) is 8.78 Å². The van der Waals surface area contributed by atoms with Gasteiger partial charge in [-0.3, -0.25) is 4.79 Å². The van der Waals surface area contributed by atoms with E-state index in [2.05, 4.69) is 5.32 Å². The fraction of sp³-hybridized carbons (Fsp3) is 0.0833. The molecule has 0 bridgehead atoms. The molecule has 0 aliphatic rings. The molecule has 0 fully saturated rings. The van der Waals surface area contributed by atoms with Gasteiger partial charge in [0, 0.05) is 11.3 Å². The number of anilines is 1. The van der Waals surface area contributed by atoms with E-state index in [-0.39, 0.29) is 17.7 Å². The maximum atomic E-state index is 14.0. The number of halogens is 2. The highest BCUT2D eigenvalue weighted by Gasteiger charge is 2.11. The van der Waals surface area contributed by atoms with E-state index in [4.69, 9.17) is 9.47 Å². The van der Waals surface area contributed by atoms with Crippen LogP contribution in [-0.4, -0.2) is 19.6 Å². The van der Waals surface area contributed by atoms with Gasteiger partial charge in [0.2, 0.25) is 0 Å². The minimum absolute atomic E-state index is 0.160. The topological polar surface area (TPSA) is 71.3 Å². The number of amides is 1. The Bertz CT molecular complexity index is 1150. The first kappa shape index (κ1) is 21.5.